The average molecular weight is 386 g/mol. The number of amides is 3. The molecule has 28 heavy (non-hydrogen) atoms. The fourth-order valence-corrected chi connectivity index (χ4v) is 3.89. The molecule has 0 saturated carbocycles. The number of anilines is 1. The lowest BCUT2D eigenvalue weighted by Crippen LogP contribution is -2.51. The quantitative estimate of drug-likeness (QED) is 0.742. The topological polar surface area (TPSA) is 64.2 Å². The molecular weight excluding hydrogens is 356 g/mol. The molecule has 0 N–H and O–H groups in total. The predicted octanol–water partition coefficient (Wildman–Crippen LogP) is 1.44. The normalized spacial score (nSPS) is 17.9. The van der Waals surface area contributed by atoms with Crippen molar-refractivity contribution >= 4 is 23.4 Å². The van der Waals surface area contributed by atoms with Gasteiger partial charge in [0, 0.05) is 63.5 Å². The maximum absolute atomic E-state index is 12.9. The standard InChI is InChI=1S/C21H30N4O3/c1-3-23(4-2)20(27)16-22-11-13-24(14-12-22)21(28)17-7-5-8-18(15-17)25-10-6-9-19(25)26/h5,7-8,15H,3-4,6,9-14,16H2,1-2H3. The molecule has 2 fully saturated rings. The lowest BCUT2D eigenvalue weighted by Gasteiger charge is -2.35. The van der Waals surface area contributed by atoms with E-state index in [2.05, 4.69) is 4.90 Å². The first-order valence-corrected chi connectivity index (χ1v) is 10.2. The molecular formula is C21H30N4O3. The lowest BCUT2D eigenvalue weighted by atomic mass is 10.1. The monoisotopic (exact) mass is 386 g/mol. The van der Waals surface area contributed by atoms with E-state index in [9.17, 15) is 14.4 Å². The summed E-state index contributed by atoms with van der Waals surface area (Å²) < 4.78 is 0. The van der Waals surface area contributed by atoms with Crippen LogP contribution in [0.1, 0.15) is 37.0 Å². The van der Waals surface area contributed by atoms with Crippen LogP contribution in [0, 0.1) is 0 Å². The third-order valence-corrected chi connectivity index (χ3v) is 5.61. The minimum atomic E-state index is -0.0109. The van der Waals surface area contributed by atoms with Gasteiger partial charge in [0.2, 0.25) is 11.8 Å². The summed E-state index contributed by atoms with van der Waals surface area (Å²) in [5.74, 6) is 0.257. The van der Waals surface area contributed by atoms with Crippen LogP contribution >= 0.6 is 0 Å². The summed E-state index contributed by atoms with van der Waals surface area (Å²) in [7, 11) is 0. The number of hydrogen-bond acceptors (Lipinski definition) is 4. The summed E-state index contributed by atoms with van der Waals surface area (Å²) in [6.07, 6.45) is 1.44. The van der Waals surface area contributed by atoms with Crippen LogP contribution in [0.2, 0.25) is 0 Å². The van der Waals surface area contributed by atoms with E-state index >= 15 is 0 Å². The van der Waals surface area contributed by atoms with E-state index in [1.807, 2.05) is 47.9 Å². The average Bonchev–Trinajstić information content (AvgIpc) is 3.15. The Balaban J connectivity index is 1.57. The zero-order valence-electron chi connectivity index (χ0n) is 16.9. The van der Waals surface area contributed by atoms with Crippen LogP contribution in [0.15, 0.2) is 24.3 Å². The second-order valence-electron chi connectivity index (χ2n) is 7.33. The molecule has 0 spiro atoms. The third kappa shape index (κ3) is 4.52. The first-order valence-electron chi connectivity index (χ1n) is 10.2. The van der Waals surface area contributed by atoms with Crippen LogP contribution in [0.4, 0.5) is 5.69 Å². The number of benzene rings is 1. The highest BCUT2D eigenvalue weighted by Crippen LogP contribution is 2.23. The molecule has 0 aromatic heterocycles. The minimum absolute atomic E-state index is 0.0109. The van der Waals surface area contributed by atoms with Crippen LogP contribution < -0.4 is 4.90 Å². The number of rotatable bonds is 6. The fourth-order valence-electron chi connectivity index (χ4n) is 3.89. The second kappa shape index (κ2) is 9.19. The van der Waals surface area contributed by atoms with Gasteiger partial charge in [-0.3, -0.25) is 19.3 Å². The van der Waals surface area contributed by atoms with E-state index in [-0.39, 0.29) is 17.7 Å². The van der Waals surface area contributed by atoms with Crippen LogP contribution in [-0.2, 0) is 9.59 Å². The molecule has 3 rings (SSSR count). The van der Waals surface area contributed by atoms with E-state index in [1.54, 1.807) is 4.90 Å². The minimum Gasteiger partial charge on any atom is -0.342 e. The predicted molar refractivity (Wildman–Crippen MR) is 108 cm³/mol. The number of carbonyl (C=O) groups excluding carboxylic acids is 3. The van der Waals surface area contributed by atoms with Gasteiger partial charge in [0.25, 0.3) is 5.91 Å². The van der Waals surface area contributed by atoms with Crippen molar-refractivity contribution in [2.75, 3.05) is 57.3 Å². The van der Waals surface area contributed by atoms with E-state index < -0.39 is 0 Å². The van der Waals surface area contributed by atoms with E-state index in [0.717, 1.165) is 31.7 Å². The summed E-state index contributed by atoms with van der Waals surface area (Å²) in [6, 6.07) is 7.36. The van der Waals surface area contributed by atoms with Crippen molar-refractivity contribution < 1.29 is 14.4 Å². The van der Waals surface area contributed by atoms with Gasteiger partial charge in [-0.25, -0.2) is 0 Å². The highest BCUT2D eigenvalue weighted by atomic mass is 16.2. The van der Waals surface area contributed by atoms with Gasteiger partial charge in [-0.1, -0.05) is 6.07 Å². The number of hydrogen-bond donors (Lipinski definition) is 0. The molecule has 3 amide bonds. The Hall–Kier alpha value is -2.41. The maximum Gasteiger partial charge on any atom is 0.254 e. The summed E-state index contributed by atoms with van der Waals surface area (Å²) in [5.41, 5.74) is 1.42. The Morgan fingerprint density at radius 1 is 1.04 bits per heavy atom. The van der Waals surface area contributed by atoms with Gasteiger partial charge in [0.05, 0.1) is 6.54 Å². The van der Waals surface area contributed by atoms with Gasteiger partial charge < -0.3 is 14.7 Å². The molecule has 2 heterocycles. The van der Waals surface area contributed by atoms with Crippen molar-refractivity contribution in [3.63, 3.8) is 0 Å². The molecule has 2 aliphatic heterocycles. The Morgan fingerprint density at radius 3 is 2.36 bits per heavy atom. The number of likely N-dealkylation sites (N-methyl/N-ethyl adjacent to an activating group) is 1. The van der Waals surface area contributed by atoms with Crippen LogP contribution in [0.25, 0.3) is 0 Å². The first kappa shape index (κ1) is 20.3. The van der Waals surface area contributed by atoms with E-state index in [1.165, 1.54) is 0 Å². The van der Waals surface area contributed by atoms with Gasteiger partial charge in [0.1, 0.15) is 0 Å². The van der Waals surface area contributed by atoms with Crippen molar-refractivity contribution in [3.05, 3.63) is 29.8 Å². The largest absolute Gasteiger partial charge is 0.342 e. The maximum atomic E-state index is 12.9. The molecule has 1 aromatic carbocycles. The molecule has 7 nitrogen and oxygen atoms in total. The van der Waals surface area contributed by atoms with Crippen molar-refractivity contribution in [2.45, 2.75) is 26.7 Å². The van der Waals surface area contributed by atoms with Crippen molar-refractivity contribution in [2.24, 2.45) is 0 Å². The van der Waals surface area contributed by atoms with Crippen molar-refractivity contribution in [1.82, 2.24) is 14.7 Å². The van der Waals surface area contributed by atoms with Crippen molar-refractivity contribution in [1.29, 1.82) is 0 Å². The molecule has 0 unspecified atom stereocenters. The molecule has 0 bridgehead atoms. The zero-order chi connectivity index (χ0) is 20.1. The highest BCUT2D eigenvalue weighted by Gasteiger charge is 2.26. The molecule has 0 atom stereocenters. The Labute approximate surface area is 166 Å². The van der Waals surface area contributed by atoms with Gasteiger partial charge in [-0.15, -0.1) is 0 Å². The van der Waals surface area contributed by atoms with Crippen LogP contribution in [0.5, 0.6) is 0 Å². The molecule has 0 radical (unpaired) electrons. The number of carbonyl (C=O) groups is 3. The molecule has 1 aromatic rings. The van der Waals surface area contributed by atoms with E-state index in [0.29, 0.717) is 44.7 Å². The molecule has 7 heteroatoms. The van der Waals surface area contributed by atoms with Gasteiger partial charge in [0.15, 0.2) is 0 Å². The van der Waals surface area contributed by atoms with Gasteiger partial charge >= 0.3 is 0 Å². The van der Waals surface area contributed by atoms with Gasteiger partial charge in [-0.2, -0.15) is 0 Å². The van der Waals surface area contributed by atoms with Crippen LogP contribution in [-0.4, -0.2) is 84.8 Å². The Kier molecular flexibility index (Phi) is 6.67. The number of nitrogens with zero attached hydrogens (tertiary/aromatic N) is 4. The van der Waals surface area contributed by atoms with E-state index in [4.69, 9.17) is 0 Å². The Bertz CT molecular complexity index is 724. The van der Waals surface area contributed by atoms with Crippen LogP contribution in [0.3, 0.4) is 0 Å². The highest BCUT2D eigenvalue weighted by molar-refractivity contribution is 5.99. The third-order valence-electron chi connectivity index (χ3n) is 5.61. The first-order chi connectivity index (χ1) is 13.5. The summed E-state index contributed by atoms with van der Waals surface area (Å²) >= 11 is 0. The zero-order valence-corrected chi connectivity index (χ0v) is 16.9. The molecule has 0 aliphatic carbocycles. The smallest absolute Gasteiger partial charge is 0.254 e. The fraction of sp³-hybridized carbons (Fsp3) is 0.571. The summed E-state index contributed by atoms with van der Waals surface area (Å²) in [4.78, 5) is 44.7. The molecule has 2 saturated heterocycles. The molecule has 152 valence electrons. The lowest BCUT2D eigenvalue weighted by molar-refractivity contribution is -0.132. The number of piperazine rings is 1. The second-order valence-corrected chi connectivity index (χ2v) is 7.33. The Morgan fingerprint density at radius 2 is 1.75 bits per heavy atom. The SMILES string of the molecule is CCN(CC)C(=O)CN1CCN(C(=O)c2cccc(N3CCCC3=O)c2)CC1. The molecule has 2 aliphatic rings. The van der Waals surface area contributed by atoms with Crippen molar-refractivity contribution in [3.8, 4) is 0 Å². The summed E-state index contributed by atoms with van der Waals surface area (Å²) in [6.45, 7) is 9.17. The van der Waals surface area contributed by atoms with Gasteiger partial charge in [-0.05, 0) is 38.5 Å². The summed E-state index contributed by atoms with van der Waals surface area (Å²) in [5, 5.41) is 0.